The van der Waals surface area contributed by atoms with Crippen LogP contribution in [0.1, 0.15) is 44.4 Å². The van der Waals surface area contributed by atoms with Crippen LogP contribution in [0.15, 0.2) is 42.6 Å². The number of carbonyl (C=O) groups excluding carboxylic acids is 2. The van der Waals surface area contributed by atoms with E-state index in [9.17, 15) is 9.59 Å². The summed E-state index contributed by atoms with van der Waals surface area (Å²) < 4.78 is 10.1. The third-order valence-electron chi connectivity index (χ3n) is 3.90. The monoisotopic (exact) mass is 370 g/mol. The number of ether oxygens (including phenoxy) is 2. The molecule has 1 unspecified atom stereocenters. The molecule has 1 aromatic carbocycles. The second-order valence-corrected chi connectivity index (χ2v) is 7.27. The average molecular weight is 370 g/mol. The van der Waals surface area contributed by atoms with E-state index in [0.29, 0.717) is 0 Å². The van der Waals surface area contributed by atoms with E-state index in [1.165, 1.54) is 7.11 Å². The Kier molecular flexibility index (Phi) is 6.55. The van der Waals surface area contributed by atoms with Crippen LogP contribution >= 0.6 is 0 Å². The minimum Gasteiger partial charge on any atom is -0.469 e. The van der Waals surface area contributed by atoms with E-state index in [1.54, 1.807) is 33.0 Å². The number of pyridine rings is 1. The lowest BCUT2D eigenvalue weighted by Crippen LogP contribution is -2.36. The molecule has 2 rings (SSSR count). The van der Waals surface area contributed by atoms with Crippen molar-refractivity contribution >= 4 is 12.1 Å². The molecule has 0 aliphatic heterocycles. The molecule has 1 amide bonds. The fraction of sp³-hybridized carbons (Fsp3) is 0.381. The molecule has 27 heavy (non-hydrogen) atoms. The summed E-state index contributed by atoms with van der Waals surface area (Å²) in [5.41, 5.74) is 2.97. The molecular formula is C21H26N2O4. The molecule has 0 aliphatic carbocycles. The Labute approximate surface area is 159 Å². The van der Waals surface area contributed by atoms with Crippen LogP contribution in [-0.4, -0.2) is 29.8 Å². The molecule has 0 fully saturated rings. The topological polar surface area (TPSA) is 77.5 Å². The van der Waals surface area contributed by atoms with E-state index >= 15 is 0 Å². The first-order chi connectivity index (χ1) is 12.7. The third kappa shape index (κ3) is 6.09. The summed E-state index contributed by atoms with van der Waals surface area (Å²) in [6, 6.07) is 11.0. The predicted octanol–water partition coefficient (Wildman–Crippen LogP) is 4.19. The molecule has 144 valence electrons. The fourth-order valence-corrected chi connectivity index (χ4v) is 2.62. The zero-order chi connectivity index (χ0) is 20.0. The van der Waals surface area contributed by atoms with Gasteiger partial charge in [-0.15, -0.1) is 0 Å². The number of esters is 1. The summed E-state index contributed by atoms with van der Waals surface area (Å²) >= 11 is 0. The maximum Gasteiger partial charge on any atom is 0.408 e. The maximum atomic E-state index is 12.2. The number of alkyl carbamates (subject to hydrolysis) is 1. The molecule has 1 aromatic heterocycles. The minimum absolute atomic E-state index is 0.00698. The number of benzene rings is 1. The Bertz CT molecular complexity index is 812. The highest BCUT2D eigenvalue weighted by Gasteiger charge is 2.23. The number of rotatable bonds is 5. The first-order valence-corrected chi connectivity index (χ1v) is 8.78. The molecule has 1 N–H and O–H groups in total. The van der Waals surface area contributed by atoms with E-state index in [0.717, 1.165) is 22.4 Å². The van der Waals surface area contributed by atoms with Crippen molar-refractivity contribution < 1.29 is 19.1 Å². The summed E-state index contributed by atoms with van der Waals surface area (Å²) in [5, 5.41) is 2.76. The van der Waals surface area contributed by atoms with Crippen LogP contribution in [-0.2, 0) is 14.3 Å². The van der Waals surface area contributed by atoms with Crippen molar-refractivity contribution in [1.82, 2.24) is 10.3 Å². The van der Waals surface area contributed by atoms with Gasteiger partial charge in [-0.2, -0.15) is 0 Å². The van der Waals surface area contributed by atoms with Gasteiger partial charge in [-0.1, -0.05) is 24.3 Å². The lowest BCUT2D eigenvalue weighted by Gasteiger charge is -2.23. The summed E-state index contributed by atoms with van der Waals surface area (Å²) in [5.74, 6) is -0.426. The molecule has 0 aliphatic rings. The summed E-state index contributed by atoms with van der Waals surface area (Å²) in [4.78, 5) is 28.5. The number of aromatic nitrogens is 1. The summed E-state index contributed by atoms with van der Waals surface area (Å²) in [6.07, 6.45) is 1.07. The Morgan fingerprint density at radius 2 is 1.89 bits per heavy atom. The molecular weight excluding hydrogens is 344 g/mol. The maximum absolute atomic E-state index is 12.2. The van der Waals surface area contributed by atoms with Gasteiger partial charge in [0.05, 0.1) is 25.3 Å². The molecule has 6 nitrogen and oxygen atoms in total. The van der Waals surface area contributed by atoms with Gasteiger partial charge < -0.3 is 14.8 Å². The number of carbonyl (C=O) groups is 2. The number of methoxy groups -OCH3 is 1. The van der Waals surface area contributed by atoms with Crippen molar-refractivity contribution in [2.45, 2.75) is 45.8 Å². The van der Waals surface area contributed by atoms with Crippen LogP contribution in [0.3, 0.4) is 0 Å². The number of nitrogens with zero attached hydrogens (tertiary/aromatic N) is 1. The van der Waals surface area contributed by atoms with Gasteiger partial charge in [0.1, 0.15) is 5.60 Å². The Balaban J connectivity index is 2.32. The highest BCUT2D eigenvalue weighted by molar-refractivity contribution is 5.74. The lowest BCUT2D eigenvalue weighted by atomic mass is 10.00. The van der Waals surface area contributed by atoms with Crippen molar-refractivity contribution in [3.8, 4) is 11.3 Å². The minimum atomic E-state index is -0.634. The second-order valence-electron chi connectivity index (χ2n) is 7.27. The van der Waals surface area contributed by atoms with Gasteiger partial charge in [-0.25, -0.2) is 4.79 Å². The summed E-state index contributed by atoms with van der Waals surface area (Å²) in [7, 11) is 1.32. The zero-order valence-corrected chi connectivity index (χ0v) is 16.4. The SMILES string of the molecule is COC(=O)CC(NC(=O)OC(C)(C)C)c1ccnc(-c2ccccc2C)c1. The molecule has 0 bridgehead atoms. The van der Waals surface area contributed by atoms with E-state index < -0.39 is 23.7 Å². The molecule has 0 spiro atoms. The standard InChI is InChI=1S/C21H26N2O4/c1-14-8-6-7-9-16(14)18-12-15(10-11-22-18)17(13-19(24)26-5)23-20(25)27-21(2,3)4/h6-12,17H,13H2,1-5H3,(H,23,25). The number of aryl methyl sites for hydroxylation is 1. The van der Waals surface area contributed by atoms with Crippen LogP contribution in [0, 0.1) is 6.92 Å². The average Bonchev–Trinajstić information content (AvgIpc) is 2.60. The molecule has 0 saturated carbocycles. The quantitative estimate of drug-likeness (QED) is 0.799. The largest absolute Gasteiger partial charge is 0.469 e. The molecule has 1 atom stereocenters. The third-order valence-corrected chi connectivity index (χ3v) is 3.90. The van der Waals surface area contributed by atoms with Gasteiger partial charge in [0.2, 0.25) is 0 Å². The van der Waals surface area contributed by atoms with Crippen molar-refractivity contribution in [3.05, 3.63) is 53.7 Å². The Hall–Kier alpha value is -2.89. The molecule has 1 heterocycles. The molecule has 2 aromatic rings. The van der Waals surface area contributed by atoms with E-state index in [4.69, 9.17) is 9.47 Å². The van der Waals surface area contributed by atoms with Gasteiger partial charge in [-0.05, 0) is 51.0 Å². The number of amides is 1. The molecule has 0 radical (unpaired) electrons. The zero-order valence-electron chi connectivity index (χ0n) is 16.4. The van der Waals surface area contributed by atoms with E-state index in [1.807, 2.05) is 37.3 Å². The smallest absolute Gasteiger partial charge is 0.408 e. The fourth-order valence-electron chi connectivity index (χ4n) is 2.62. The number of hydrogen-bond acceptors (Lipinski definition) is 5. The van der Waals surface area contributed by atoms with Crippen LogP contribution in [0.25, 0.3) is 11.3 Å². The van der Waals surface area contributed by atoms with Crippen molar-refractivity contribution in [1.29, 1.82) is 0 Å². The lowest BCUT2D eigenvalue weighted by molar-refractivity contribution is -0.141. The van der Waals surface area contributed by atoms with E-state index in [-0.39, 0.29) is 6.42 Å². The highest BCUT2D eigenvalue weighted by Crippen LogP contribution is 2.25. The Morgan fingerprint density at radius 3 is 2.52 bits per heavy atom. The van der Waals surface area contributed by atoms with Gasteiger partial charge >= 0.3 is 12.1 Å². The first kappa shape index (κ1) is 20.4. The molecule has 6 heteroatoms. The van der Waals surface area contributed by atoms with Crippen LogP contribution < -0.4 is 5.32 Å². The number of nitrogens with one attached hydrogen (secondary N) is 1. The molecule has 0 saturated heterocycles. The predicted molar refractivity (Wildman–Crippen MR) is 103 cm³/mol. The van der Waals surface area contributed by atoms with Crippen LogP contribution in [0.2, 0.25) is 0 Å². The first-order valence-electron chi connectivity index (χ1n) is 8.78. The van der Waals surface area contributed by atoms with Crippen molar-refractivity contribution in [3.63, 3.8) is 0 Å². The Morgan fingerprint density at radius 1 is 1.19 bits per heavy atom. The van der Waals surface area contributed by atoms with Gasteiger partial charge in [0.25, 0.3) is 0 Å². The second kappa shape index (κ2) is 8.66. The van der Waals surface area contributed by atoms with Gasteiger partial charge in [0.15, 0.2) is 0 Å². The number of hydrogen-bond donors (Lipinski definition) is 1. The van der Waals surface area contributed by atoms with Crippen molar-refractivity contribution in [2.75, 3.05) is 7.11 Å². The van der Waals surface area contributed by atoms with Gasteiger partial charge in [-0.3, -0.25) is 9.78 Å². The van der Waals surface area contributed by atoms with Crippen molar-refractivity contribution in [2.24, 2.45) is 0 Å². The summed E-state index contributed by atoms with van der Waals surface area (Å²) in [6.45, 7) is 7.36. The normalized spacial score (nSPS) is 12.2. The van der Waals surface area contributed by atoms with Crippen LogP contribution in [0.4, 0.5) is 4.79 Å². The van der Waals surface area contributed by atoms with Gasteiger partial charge in [0, 0.05) is 11.8 Å². The highest BCUT2D eigenvalue weighted by atomic mass is 16.6. The van der Waals surface area contributed by atoms with E-state index in [2.05, 4.69) is 10.3 Å². The van der Waals surface area contributed by atoms with Crippen LogP contribution in [0.5, 0.6) is 0 Å².